The summed E-state index contributed by atoms with van der Waals surface area (Å²) in [5.74, 6) is 6.30. The smallest absolute Gasteiger partial charge is 0.416 e. The van der Waals surface area contributed by atoms with E-state index in [1.54, 1.807) is 42.7 Å². The summed E-state index contributed by atoms with van der Waals surface area (Å²) in [5, 5.41) is 6.01. The van der Waals surface area contributed by atoms with E-state index in [4.69, 9.17) is 24.5 Å². The van der Waals surface area contributed by atoms with Gasteiger partial charge in [0.05, 0.1) is 51.4 Å². The molecule has 54 heavy (non-hydrogen) atoms. The summed E-state index contributed by atoms with van der Waals surface area (Å²) in [6.45, 7) is 8.03. The van der Waals surface area contributed by atoms with Gasteiger partial charge in [-0.15, -0.1) is 0 Å². The number of nitrogens with zero attached hydrogens (tertiary/aromatic N) is 7. The van der Waals surface area contributed by atoms with Gasteiger partial charge < -0.3 is 29.2 Å². The number of hydrogen-bond acceptors (Lipinski definition) is 9. The van der Waals surface area contributed by atoms with Crippen LogP contribution in [-0.2, 0) is 26.9 Å². The number of fused-ring (bicyclic) bond motifs is 1. The van der Waals surface area contributed by atoms with Crippen molar-refractivity contribution >= 4 is 17.2 Å². The Labute approximate surface area is 311 Å². The molecule has 0 radical (unpaired) electrons. The van der Waals surface area contributed by atoms with Crippen LogP contribution in [0.5, 0.6) is 5.75 Å². The van der Waals surface area contributed by atoms with Crippen LogP contribution in [0.1, 0.15) is 38.3 Å². The fourth-order valence-electron chi connectivity index (χ4n) is 5.59. The number of likely N-dealkylation sites (N-methyl/N-ethyl adjacent to an activating group) is 1. The second-order valence-corrected chi connectivity index (χ2v) is 12.6. The number of alkyl halides is 3. The fraction of sp³-hybridized carbons (Fsp3) is 0.421. The summed E-state index contributed by atoms with van der Waals surface area (Å²) in [6.07, 6.45) is -1.13. The van der Waals surface area contributed by atoms with Gasteiger partial charge in [0, 0.05) is 73.3 Å². The maximum atomic E-state index is 14.1. The average molecular weight is 749 g/mol. The third-order valence-electron chi connectivity index (χ3n) is 8.61. The number of amides is 1. The van der Waals surface area contributed by atoms with Crippen molar-refractivity contribution in [2.45, 2.75) is 19.6 Å². The van der Waals surface area contributed by atoms with Crippen molar-refractivity contribution in [3.05, 3.63) is 105 Å². The molecule has 4 aromatic rings. The Hall–Kier alpha value is -5.14. The third kappa shape index (κ3) is 11.9. The largest absolute Gasteiger partial charge is 0.491 e. The molecular formula is C38H43F3N8O5. The first-order valence-corrected chi connectivity index (χ1v) is 17.5. The highest BCUT2D eigenvalue weighted by Crippen LogP contribution is 2.35. The Morgan fingerprint density at radius 3 is 2.39 bits per heavy atom. The van der Waals surface area contributed by atoms with E-state index in [-0.39, 0.29) is 23.4 Å². The van der Waals surface area contributed by atoms with Gasteiger partial charge in [-0.05, 0) is 66.9 Å². The number of ether oxygens (including phenoxy) is 4. The number of anilines is 1. The van der Waals surface area contributed by atoms with E-state index in [1.807, 2.05) is 23.3 Å². The molecule has 0 bridgehead atoms. The van der Waals surface area contributed by atoms with Crippen LogP contribution >= 0.6 is 0 Å². The minimum absolute atomic E-state index is 0.0636. The molecule has 13 nitrogen and oxygen atoms in total. The Morgan fingerprint density at radius 1 is 0.944 bits per heavy atom. The van der Waals surface area contributed by atoms with Crippen LogP contribution in [0.25, 0.3) is 16.1 Å². The van der Waals surface area contributed by atoms with Crippen LogP contribution in [0.4, 0.5) is 18.9 Å². The van der Waals surface area contributed by atoms with E-state index in [0.717, 1.165) is 24.7 Å². The van der Waals surface area contributed by atoms with E-state index in [2.05, 4.69) is 37.1 Å². The van der Waals surface area contributed by atoms with E-state index in [9.17, 15) is 18.0 Å². The molecule has 3 heterocycles. The lowest BCUT2D eigenvalue weighted by Crippen LogP contribution is -2.44. The van der Waals surface area contributed by atoms with Crippen LogP contribution in [-0.4, -0.2) is 111 Å². The highest BCUT2D eigenvalue weighted by Gasteiger charge is 2.34. The highest BCUT2D eigenvalue weighted by molar-refractivity contribution is 6.04. The number of halogens is 3. The van der Waals surface area contributed by atoms with Gasteiger partial charge in [-0.1, -0.05) is 23.2 Å². The zero-order chi connectivity index (χ0) is 38.3. The monoisotopic (exact) mass is 748 g/mol. The predicted molar refractivity (Wildman–Crippen MR) is 196 cm³/mol. The standard InChI is InChI=1S/C38H43F3N8O5/c1-28-3-4-30(37(50)45-32-7-5-31(35(24-32)38(39,40)41)27-48-14-12-47(2)13-15-48)23-29(28)6-8-33-26-43-36-25-34(9-11-49(33)36)54-22-21-53-20-19-52-18-17-51-16-10-44-46-42/h3-5,7,9,11,23-26H,10,12-22,27H2,1-2H3,(H,45,50). The second kappa shape index (κ2) is 19.8. The van der Waals surface area contributed by atoms with Gasteiger partial charge in [0.15, 0.2) is 0 Å². The molecule has 0 atom stereocenters. The maximum Gasteiger partial charge on any atom is 0.416 e. The lowest BCUT2D eigenvalue weighted by atomic mass is 10.0. The van der Waals surface area contributed by atoms with Crippen molar-refractivity contribution in [3.8, 4) is 17.6 Å². The summed E-state index contributed by atoms with van der Waals surface area (Å²) in [6, 6.07) is 12.5. The SMILES string of the molecule is Cc1ccc(C(=O)Nc2ccc(CN3CCN(C)CC3)c(C(F)(F)F)c2)cc1C#Cc1cnc2cc(OCCOCCOCCOCCN=[N+]=[N-])ccn12. The minimum Gasteiger partial charge on any atom is -0.491 e. The van der Waals surface area contributed by atoms with Crippen molar-refractivity contribution in [3.63, 3.8) is 0 Å². The number of aromatic nitrogens is 2. The van der Waals surface area contributed by atoms with Crippen LogP contribution in [0.2, 0.25) is 0 Å². The lowest BCUT2D eigenvalue weighted by Gasteiger charge is -2.33. The number of benzene rings is 2. The van der Waals surface area contributed by atoms with Crippen molar-refractivity contribution < 1.29 is 36.9 Å². The topological polar surface area (TPSA) is 139 Å². The fourth-order valence-corrected chi connectivity index (χ4v) is 5.59. The lowest BCUT2D eigenvalue weighted by molar-refractivity contribution is -0.138. The molecule has 1 N–H and O–H groups in total. The zero-order valence-corrected chi connectivity index (χ0v) is 30.3. The van der Waals surface area contributed by atoms with Crippen molar-refractivity contribution in [1.82, 2.24) is 19.2 Å². The molecular weight excluding hydrogens is 705 g/mol. The van der Waals surface area contributed by atoms with E-state index >= 15 is 0 Å². The molecule has 16 heteroatoms. The number of nitrogens with one attached hydrogen (secondary N) is 1. The summed E-state index contributed by atoms with van der Waals surface area (Å²) < 4.78 is 66.1. The van der Waals surface area contributed by atoms with Crippen molar-refractivity contribution in [2.24, 2.45) is 5.11 Å². The number of aryl methyl sites for hydroxylation is 1. The average Bonchev–Trinajstić information content (AvgIpc) is 3.56. The number of pyridine rings is 1. The predicted octanol–water partition coefficient (Wildman–Crippen LogP) is 5.80. The molecule has 0 saturated carbocycles. The molecule has 2 aromatic carbocycles. The van der Waals surface area contributed by atoms with Crippen molar-refractivity contribution in [2.75, 3.05) is 91.3 Å². The molecule has 1 amide bonds. The first-order chi connectivity index (χ1) is 26.1. The van der Waals surface area contributed by atoms with Crippen molar-refractivity contribution in [1.29, 1.82) is 0 Å². The normalized spacial score (nSPS) is 13.6. The molecule has 1 fully saturated rings. The highest BCUT2D eigenvalue weighted by atomic mass is 19.4. The summed E-state index contributed by atoms with van der Waals surface area (Å²) in [5.41, 5.74) is 10.6. The first-order valence-electron chi connectivity index (χ1n) is 17.5. The first kappa shape index (κ1) is 40.1. The van der Waals surface area contributed by atoms with E-state index < -0.39 is 17.6 Å². The van der Waals surface area contributed by atoms with Gasteiger partial charge in [-0.3, -0.25) is 14.1 Å². The number of carbonyl (C=O) groups is 1. The Balaban J connectivity index is 1.13. The number of imidazole rings is 1. The van der Waals surface area contributed by atoms with Gasteiger partial charge in [0.25, 0.3) is 5.91 Å². The molecule has 1 aliphatic rings. The summed E-state index contributed by atoms with van der Waals surface area (Å²) >= 11 is 0. The summed E-state index contributed by atoms with van der Waals surface area (Å²) in [7, 11) is 1.99. The molecule has 2 aromatic heterocycles. The van der Waals surface area contributed by atoms with E-state index in [0.29, 0.717) is 88.5 Å². The molecule has 286 valence electrons. The molecule has 1 aliphatic heterocycles. The Morgan fingerprint density at radius 2 is 1.67 bits per heavy atom. The maximum absolute atomic E-state index is 14.1. The van der Waals surface area contributed by atoms with Gasteiger partial charge in [-0.25, -0.2) is 4.98 Å². The third-order valence-corrected chi connectivity index (χ3v) is 8.61. The molecule has 0 unspecified atom stereocenters. The van der Waals surface area contributed by atoms with Gasteiger partial charge in [0.1, 0.15) is 23.7 Å². The van der Waals surface area contributed by atoms with Crippen LogP contribution < -0.4 is 10.1 Å². The molecule has 5 rings (SSSR count). The number of piperazine rings is 1. The Kier molecular flexibility index (Phi) is 14.7. The quantitative estimate of drug-likeness (QED) is 0.0471. The second-order valence-electron chi connectivity index (χ2n) is 12.6. The van der Waals surface area contributed by atoms with Gasteiger partial charge in [0.2, 0.25) is 0 Å². The van der Waals surface area contributed by atoms with Crippen LogP contribution in [0.3, 0.4) is 0 Å². The molecule has 1 saturated heterocycles. The zero-order valence-electron chi connectivity index (χ0n) is 30.3. The van der Waals surface area contributed by atoms with Crippen LogP contribution in [0.15, 0.2) is 66.0 Å². The van der Waals surface area contributed by atoms with Crippen LogP contribution in [0, 0.1) is 18.8 Å². The van der Waals surface area contributed by atoms with Gasteiger partial charge >= 0.3 is 6.18 Å². The number of azide groups is 1. The van der Waals surface area contributed by atoms with E-state index in [1.165, 1.54) is 12.1 Å². The summed E-state index contributed by atoms with van der Waals surface area (Å²) in [4.78, 5) is 24.5. The van der Waals surface area contributed by atoms with Gasteiger partial charge in [-0.2, -0.15) is 13.2 Å². The minimum atomic E-state index is -4.57. The molecule has 0 spiro atoms. The number of rotatable bonds is 17. The number of hydrogen-bond donors (Lipinski definition) is 1. The molecule has 0 aliphatic carbocycles. The number of carbonyl (C=O) groups excluding carboxylic acids is 1. The Bertz CT molecular complexity index is 1980.